The van der Waals surface area contributed by atoms with Crippen molar-refractivity contribution in [2.45, 2.75) is 16.2 Å². The van der Waals surface area contributed by atoms with Crippen LogP contribution in [0.25, 0.3) is 11.4 Å². The van der Waals surface area contributed by atoms with E-state index in [0.29, 0.717) is 17.3 Å². The van der Waals surface area contributed by atoms with Gasteiger partial charge in [0.2, 0.25) is 4.87 Å². The topological polar surface area (TPSA) is 59.8 Å². The number of carbonyl (C=O) groups excluding carboxylic acids is 1. The smallest absolute Gasteiger partial charge is 0.309 e. The van der Waals surface area contributed by atoms with E-state index in [1.165, 1.54) is 24.3 Å². The fourth-order valence-corrected chi connectivity index (χ4v) is 3.79. The summed E-state index contributed by atoms with van der Waals surface area (Å²) in [7, 11) is 0. The Morgan fingerprint density at radius 2 is 1.62 bits per heavy atom. The van der Waals surface area contributed by atoms with E-state index in [-0.39, 0.29) is 16.5 Å². The molecule has 0 aliphatic carbocycles. The Labute approximate surface area is 150 Å². The molecule has 2 aromatic carbocycles. The fourth-order valence-electron chi connectivity index (χ4n) is 2.67. The van der Waals surface area contributed by atoms with Crippen LogP contribution < -0.4 is 5.32 Å². The van der Waals surface area contributed by atoms with Crippen LogP contribution in [0.4, 0.5) is 18.0 Å². The highest BCUT2D eigenvalue weighted by Gasteiger charge is 2.61. The second-order valence-corrected chi connectivity index (χ2v) is 6.75. The lowest BCUT2D eigenvalue weighted by atomic mass is 10.1. The molecule has 1 atom stereocenters. The van der Waals surface area contributed by atoms with Crippen molar-refractivity contribution in [3.63, 3.8) is 0 Å². The molecule has 1 aliphatic heterocycles. The number of alkyl halides is 3. The first-order chi connectivity index (χ1) is 12.4. The number of fused-ring (bicyclic) bond motifs is 1. The zero-order valence-electron chi connectivity index (χ0n) is 13.1. The number of carbonyl (C=O) groups is 1. The van der Waals surface area contributed by atoms with E-state index < -0.39 is 17.1 Å². The molecule has 0 bridgehead atoms. The van der Waals surface area contributed by atoms with Gasteiger partial charge in [-0.1, -0.05) is 60.7 Å². The Morgan fingerprint density at radius 1 is 1.00 bits per heavy atom. The lowest BCUT2D eigenvalue weighted by molar-refractivity contribution is -0.168. The van der Waals surface area contributed by atoms with Gasteiger partial charge in [0, 0.05) is 5.56 Å². The van der Waals surface area contributed by atoms with Crippen LogP contribution in [0.5, 0.6) is 0 Å². The number of benzene rings is 2. The van der Waals surface area contributed by atoms with Crippen LogP contribution in [0.15, 0.2) is 65.8 Å². The minimum Gasteiger partial charge on any atom is -0.309 e. The standard InChI is InChI=1S/C17H11F3N4OS/c18-17(19,20)16(12-9-5-2-6-10-12)22-14(25)24-15(26-16)21-13(23-24)11-7-3-1-4-8-11/h1-10H,(H,22,25). The molecule has 0 fully saturated rings. The number of hydrogen-bond acceptors (Lipinski definition) is 4. The molecule has 1 aromatic heterocycles. The molecule has 26 heavy (non-hydrogen) atoms. The maximum absolute atomic E-state index is 14.0. The summed E-state index contributed by atoms with van der Waals surface area (Å²) in [5.41, 5.74) is 0.529. The van der Waals surface area contributed by atoms with Crippen LogP contribution in [-0.2, 0) is 4.87 Å². The second-order valence-electron chi connectivity index (χ2n) is 5.57. The normalized spacial score (nSPS) is 19.7. The van der Waals surface area contributed by atoms with Crippen molar-refractivity contribution in [1.29, 1.82) is 0 Å². The van der Waals surface area contributed by atoms with Crippen LogP contribution in [0.3, 0.4) is 0 Å². The van der Waals surface area contributed by atoms with Gasteiger partial charge in [-0.05, 0) is 17.3 Å². The Hall–Kier alpha value is -2.81. The van der Waals surface area contributed by atoms with E-state index in [1.807, 2.05) is 0 Å². The summed E-state index contributed by atoms with van der Waals surface area (Å²) in [5, 5.41) is 6.00. The lowest BCUT2D eigenvalue weighted by Crippen LogP contribution is -2.57. The summed E-state index contributed by atoms with van der Waals surface area (Å²) in [6.45, 7) is 0. The third kappa shape index (κ3) is 2.55. The molecule has 2 heterocycles. The molecule has 1 N–H and O–H groups in total. The zero-order chi connectivity index (χ0) is 18.4. The van der Waals surface area contributed by atoms with E-state index in [9.17, 15) is 18.0 Å². The number of aromatic nitrogens is 3. The van der Waals surface area contributed by atoms with Gasteiger partial charge < -0.3 is 5.32 Å². The molecule has 1 aliphatic rings. The maximum Gasteiger partial charge on any atom is 0.425 e. The van der Waals surface area contributed by atoms with Gasteiger partial charge in [0.1, 0.15) is 0 Å². The number of amides is 1. The Balaban J connectivity index is 1.84. The van der Waals surface area contributed by atoms with Crippen molar-refractivity contribution in [3.8, 4) is 11.4 Å². The van der Waals surface area contributed by atoms with Crippen molar-refractivity contribution < 1.29 is 18.0 Å². The molecule has 9 heteroatoms. The molecule has 3 aromatic rings. The average Bonchev–Trinajstić information content (AvgIpc) is 3.07. The highest BCUT2D eigenvalue weighted by atomic mass is 32.2. The molecule has 0 radical (unpaired) electrons. The predicted molar refractivity (Wildman–Crippen MR) is 89.4 cm³/mol. The van der Waals surface area contributed by atoms with Crippen molar-refractivity contribution in [2.75, 3.05) is 0 Å². The van der Waals surface area contributed by atoms with Gasteiger partial charge in [-0.2, -0.15) is 17.9 Å². The molecular formula is C17H11F3N4OS. The van der Waals surface area contributed by atoms with Crippen LogP contribution in [0, 0.1) is 0 Å². The monoisotopic (exact) mass is 376 g/mol. The quantitative estimate of drug-likeness (QED) is 0.734. The summed E-state index contributed by atoms with van der Waals surface area (Å²) in [4.78, 5) is 13.9. The Morgan fingerprint density at radius 3 is 2.23 bits per heavy atom. The molecule has 0 spiro atoms. The van der Waals surface area contributed by atoms with Crippen LogP contribution in [0.1, 0.15) is 5.56 Å². The first-order valence-electron chi connectivity index (χ1n) is 7.57. The third-order valence-corrected chi connectivity index (χ3v) is 5.23. The molecule has 5 nitrogen and oxygen atoms in total. The number of thioether (sulfide) groups is 1. The summed E-state index contributed by atoms with van der Waals surface area (Å²) in [6.07, 6.45) is -4.74. The average molecular weight is 376 g/mol. The minimum atomic E-state index is -4.74. The molecule has 1 amide bonds. The molecule has 132 valence electrons. The zero-order valence-corrected chi connectivity index (χ0v) is 13.9. The Kier molecular flexibility index (Phi) is 3.76. The molecule has 0 saturated heterocycles. The van der Waals surface area contributed by atoms with Gasteiger partial charge in [0.05, 0.1) is 0 Å². The van der Waals surface area contributed by atoms with E-state index >= 15 is 0 Å². The first-order valence-corrected chi connectivity index (χ1v) is 8.39. The van der Waals surface area contributed by atoms with Crippen molar-refractivity contribution >= 4 is 17.8 Å². The number of nitrogens with zero attached hydrogens (tertiary/aromatic N) is 3. The lowest BCUT2D eigenvalue weighted by Gasteiger charge is -2.37. The first kappa shape index (κ1) is 16.6. The summed E-state index contributed by atoms with van der Waals surface area (Å²) < 4.78 is 42.8. The number of halogens is 3. The summed E-state index contributed by atoms with van der Waals surface area (Å²) >= 11 is 0.416. The highest BCUT2D eigenvalue weighted by molar-refractivity contribution is 8.00. The predicted octanol–water partition coefficient (Wildman–Crippen LogP) is 4.02. The van der Waals surface area contributed by atoms with Crippen molar-refractivity contribution in [2.24, 2.45) is 0 Å². The van der Waals surface area contributed by atoms with Crippen LogP contribution >= 0.6 is 11.8 Å². The second kappa shape index (κ2) is 5.87. The van der Waals surface area contributed by atoms with Gasteiger partial charge >= 0.3 is 12.2 Å². The van der Waals surface area contributed by atoms with Crippen molar-refractivity contribution in [3.05, 3.63) is 66.2 Å². The molecule has 4 rings (SSSR count). The van der Waals surface area contributed by atoms with Gasteiger partial charge in [0.15, 0.2) is 11.0 Å². The SMILES string of the molecule is O=C1NC(c2ccccc2)(C(F)(F)F)Sc2nc(-c3ccccc3)nn21. The number of rotatable bonds is 2. The van der Waals surface area contributed by atoms with E-state index in [2.05, 4.69) is 15.4 Å². The fraction of sp³-hybridized carbons (Fsp3) is 0.118. The highest BCUT2D eigenvalue weighted by Crippen LogP contribution is 2.51. The van der Waals surface area contributed by atoms with E-state index in [0.717, 1.165) is 4.68 Å². The van der Waals surface area contributed by atoms with Gasteiger partial charge in [-0.15, -0.1) is 5.10 Å². The summed E-state index contributed by atoms with van der Waals surface area (Å²) in [5.74, 6) is 0.189. The van der Waals surface area contributed by atoms with Crippen LogP contribution in [-0.4, -0.2) is 27.0 Å². The molecular weight excluding hydrogens is 365 g/mol. The molecule has 0 saturated carbocycles. The maximum atomic E-state index is 14.0. The van der Waals surface area contributed by atoms with Gasteiger partial charge in [-0.25, -0.2) is 9.78 Å². The van der Waals surface area contributed by atoms with E-state index in [1.54, 1.807) is 36.4 Å². The van der Waals surface area contributed by atoms with Crippen LogP contribution in [0.2, 0.25) is 0 Å². The Bertz CT molecular complexity index is 959. The van der Waals surface area contributed by atoms with Gasteiger partial charge in [0.25, 0.3) is 0 Å². The van der Waals surface area contributed by atoms with E-state index in [4.69, 9.17) is 0 Å². The molecule has 1 unspecified atom stereocenters. The minimum absolute atomic E-state index is 0.0821. The summed E-state index contributed by atoms with van der Waals surface area (Å²) in [6, 6.07) is 15.0. The number of hydrogen-bond donors (Lipinski definition) is 1. The van der Waals surface area contributed by atoms with Crippen molar-refractivity contribution in [1.82, 2.24) is 20.1 Å². The van der Waals surface area contributed by atoms with Gasteiger partial charge in [-0.3, -0.25) is 0 Å². The largest absolute Gasteiger partial charge is 0.425 e. The third-order valence-electron chi connectivity index (χ3n) is 3.91. The number of nitrogens with one attached hydrogen (secondary N) is 1.